The molecule has 0 aromatic carbocycles. The third-order valence-corrected chi connectivity index (χ3v) is 4.38. The molecule has 2 heterocycles. The van der Waals surface area contributed by atoms with Gasteiger partial charge in [0.2, 0.25) is 0 Å². The zero-order chi connectivity index (χ0) is 19.8. The van der Waals surface area contributed by atoms with Crippen LogP contribution in [0.3, 0.4) is 0 Å². The van der Waals surface area contributed by atoms with Crippen LogP contribution in [0, 0.1) is 0 Å². The number of hydrogen-bond acceptors (Lipinski definition) is 8. The number of rotatable bonds is 8. The van der Waals surface area contributed by atoms with Crippen molar-refractivity contribution in [3.63, 3.8) is 0 Å². The van der Waals surface area contributed by atoms with Gasteiger partial charge in [0.1, 0.15) is 5.00 Å². The number of aromatic carboxylic acids is 1. The van der Waals surface area contributed by atoms with Gasteiger partial charge >= 0.3 is 17.9 Å². The van der Waals surface area contributed by atoms with Crippen LogP contribution in [0.2, 0.25) is 0 Å². The fourth-order valence-electron chi connectivity index (χ4n) is 2.07. The Kier molecular flexibility index (Phi) is 7.07. The summed E-state index contributed by atoms with van der Waals surface area (Å²) in [6.07, 6.45) is 4.30. The van der Waals surface area contributed by atoms with E-state index < -0.39 is 17.9 Å². The van der Waals surface area contributed by atoms with Crippen molar-refractivity contribution in [2.24, 2.45) is 0 Å². The Labute approximate surface area is 159 Å². The molecule has 2 N–H and O–H groups in total. The van der Waals surface area contributed by atoms with Crippen LogP contribution in [-0.4, -0.2) is 41.2 Å². The third-order valence-electron chi connectivity index (χ3n) is 3.27. The maximum Gasteiger partial charge on any atom is 0.347 e. The van der Waals surface area contributed by atoms with Crippen LogP contribution >= 0.6 is 11.3 Å². The Hall–Kier alpha value is -3.20. The average molecular weight is 390 g/mol. The van der Waals surface area contributed by atoms with Crippen molar-refractivity contribution >= 4 is 34.2 Å². The van der Waals surface area contributed by atoms with Gasteiger partial charge in [0.05, 0.1) is 18.8 Å². The molecule has 0 atom stereocenters. The molecule has 0 aliphatic rings. The molecule has 142 valence electrons. The molecule has 27 heavy (non-hydrogen) atoms. The van der Waals surface area contributed by atoms with E-state index in [2.05, 4.69) is 10.3 Å². The number of hydrogen-bond donors (Lipinski definition) is 2. The van der Waals surface area contributed by atoms with Crippen molar-refractivity contribution in [2.45, 2.75) is 13.8 Å². The highest BCUT2D eigenvalue weighted by Crippen LogP contribution is 2.35. The predicted octanol–water partition coefficient (Wildman–Crippen LogP) is 2.93. The van der Waals surface area contributed by atoms with Crippen molar-refractivity contribution in [2.75, 3.05) is 18.5 Å². The summed E-state index contributed by atoms with van der Waals surface area (Å²) in [5, 5.41) is 12.4. The van der Waals surface area contributed by atoms with Gasteiger partial charge in [-0.3, -0.25) is 4.98 Å². The van der Waals surface area contributed by atoms with Crippen molar-refractivity contribution in [1.82, 2.24) is 4.98 Å². The lowest BCUT2D eigenvalue weighted by atomic mass is 10.2. The standard InChI is InChI=1S/C18H18N2O6S/c1-3-25-17(23)13(18(24)26-4-2)10-20-15-12(16(21)22)9-14(27-15)11-5-7-19-8-6-11/h5-10,20H,3-4H2,1-2H3,(H,21,22). The lowest BCUT2D eigenvalue weighted by molar-refractivity contribution is -0.146. The van der Waals surface area contributed by atoms with Crippen molar-refractivity contribution in [1.29, 1.82) is 0 Å². The number of nitrogens with zero attached hydrogens (tertiary/aromatic N) is 1. The van der Waals surface area contributed by atoms with Crippen LogP contribution in [0.25, 0.3) is 10.4 Å². The highest BCUT2D eigenvalue weighted by molar-refractivity contribution is 7.19. The molecular weight excluding hydrogens is 372 g/mol. The minimum atomic E-state index is -1.14. The third kappa shape index (κ3) is 5.14. The van der Waals surface area contributed by atoms with E-state index in [0.717, 1.165) is 23.1 Å². The number of carboxylic acid groups (broad SMARTS) is 1. The number of carbonyl (C=O) groups excluding carboxylic acids is 2. The van der Waals surface area contributed by atoms with Gasteiger partial charge in [-0.05, 0) is 37.6 Å². The summed E-state index contributed by atoms with van der Waals surface area (Å²) in [4.78, 5) is 40.1. The van der Waals surface area contributed by atoms with Crippen LogP contribution in [-0.2, 0) is 19.1 Å². The summed E-state index contributed by atoms with van der Waals surface area (Å²) >= 11 is 1.16. The first-order valence-electron chi connectivity index (χ1n) is 8.06. The maximum atomic E-state index is 12.0. The van der Waals surface area contributed by atoms with E-state index in [0.29, 0.717) is 4.88 Å². The Bertz CT molecular complexity index is 840. The zero-order valence-electron chi connectivity index (χ0n) is 14.7. The Morgan fingerprint density at radius 1 is 1.15 bits per heavy atom. The molecule has 0 saturated carbocycles. The van der Waals surface area contributed by atoms with Crippen LogP contribution in [0.1, 0.15) is 24.2 Å². The van der Waals surface area contributed by atoms with Crippen LogP contribution < -0.4 is 5.32 Å². The summed E-state index contributed by atoms with van der Waals surface area (Å²) < 4.78 is 9.69. The Morgan fingerprint density at radius 3 is 2.26 bits per heavy atom. The normalized spacial score (nSPS) is 10.0. The number of pyridine rings is 1. The van der Waals surface area contributed by atoms with E-state index in [1.807, 2.05) is 0 Å². The van der Waals surface area contributed by atoms with E-state index in [1.165, 1.54) is 6.07 Å². The summed E-state index contributed by atoms with van der Waals surface area (Å²) in [6, 6.07) is 5.01. The SMILES string of the molecule is CCOC(=O)C(=CNc1sc(-c2ccncc2)cc1C(=O)O)C(=O)OCC. The minimum Gasteiger partial charge on any atom is -0.478 e. The number of nitrogens with one attached hydrogen (secondary N) is 1. The molecule has 0 fully saturated rings. The van der Waals surface area contributed by atoms with Crippen molar-refractivity contribution in [3.05, 3.63) is 47.9 Å². The highest BCUT2D eigenvalue weighted by Gasteiger charge is 2.22. The number of aromatic nitrogens is 1. The molecule has 0 aliphatic carbocycles. The second kappa shape index (κ2) is 9.48. The lowest BCUT2D eigenvalue weighted by Crippen LogP contribution is -2.19. The number of ether oxygens (including phenoxy) is 2. The summed E-state index contributed by atoms with van der Waals surface area (Å²) in [5.41, 5.74) is 0.453. The second-order valence-electron chi connectivity index (χ2n) is 5.04. The van der Waals surface area contributed by atoms with E-state index in [4.69, 9.17) is 9.47 Å². The van der Waals surface area contributed by atoms with E-state index >= 15 is 0 Å². The first kappa shape index (κ1) is 20.1. The quantitative estimate of drug-likeness (QED) is 0.306. The Morgan fingerprint density at radius 2 is 1.74 bits per heavy atom. The van der Waals surface area contributed by atoms with E-state index in [1.54, 1.807) is 38.4 Å². The molecule has 2 rings (SSSR count). The molecule has 2 aromatic rings. The highest BCUT2D eigenvalue weighted by atomic mass is 32.1. The monoisotopic (exact) mass is 390 g/mol. The molecule has 0 amide bonds. The zero-order valence-corrected chi connectivity index (χ0v) is 15.5. The maximum absolute atomic E-state index is 12.0. The molecule has 9 heteroatoms. The number of thiophene rings is 1. The lowest BCUT2D eigenvalue weighted by Gasteiger charge is -2.07. The smallest absolute Gasteiger partial charge is 0.347 e. The van der Waals surface area contributed by atoms with Gasteiger partial charge in [0.15, 0.2) is 5.57 Å². The van der Waals surface area contributed by atoms with Crippen LogP contribution in [0.15, 0.2) is 42.4 Å². The molecule has 0 unspecified atom stereocenters. The molecule has 8 nitrogen and oxygen atoms in total. The van der Waals surface area contributed by atoms with E-state index in [-0.39, 0.29) is 29.4 Å². The van der Waals surface area contributed by atoms with Crippen LogP contribution in [0.5, 0.6) is 0 Å². The Balaban J connectivity index is 2.36. The molecule has 2 aromatic heterocycles. The minimum absolute atomic E-state index is 0.00938. The molecule has 0 saturated heterocycles. The van der Waals surface area contributed by atoms with Crippen molar-refractivity contribution in [3.8, 4) is 10.4 Å². The fourth-order valence-corrected chi connectivity index (χ4v) is 3.10. The van der Waals surface area contributed by atoms with Gasteiger partial charge in [-0.1, -0.05) is 0 Å². The molecule has 0 aliphatic heterocycles. The van der Waals surface area contributed by atoms with E-state index in [9.17, 15) is 19.5 Å². The first-order chi connectivity index (χ1) is 13.0. The fraction of sp³-hybridized carbons (Fsp3) is 0.222. The molecule has 0 radical (unpaired) electrons. The van der Waals surface area contributed by atoms with Crippen molar-refractivity contribution < 1.29 is 29.0 Å². The second-order valence-corrected chi connectivity index (χ2v) is 6.09. The van der Waals surface area contributed by atoms with Gasteiger partial charge in [-0.2, -0.15) is 0 Å². The van der Waals surface area contributed by atoms with Gasteiger partial charge in [0.25, 0.3) is 0 Å². The predicted molar refractivity (Wildman–Crippen MR) is 99.5 cm³/mol. The largest absolute Gasteiger partial charge is 0.478 e. The molecule has 0 spiro atoms. The molecule has 0 bridgehead atoms. The average Bonchev–Trinajstić information content (AvgIpc) is 3.08. The van der Waals surface area contributed by atoms with Gasteiger partial charge in [0, 0.05) is 23.5 Å². The topological polar surface area (TPSA) is 115 Å². The van der Waals surface area contributed by atoms with Crippen LogP contribution in [0.4, 0.5) is 5.00 Å². The van der Waals surface area contributed by atoms with Gasteiger partial charge in [-0.25, -0.2) is 14.4 Å². The number of esters is 2. The first-order valence-corrected chi connectivity index (χ1v) is 8.88. The summed E-state index contributed by atoms with van der Waals surface area (Å²) in [7, 11) is 0. The van der Waals surface area contributed by atoms with Gasteiger partial charge < -0.3 is 19.9 Å². The number of anilines is 1. The summed E-state index contributed by atoms with van der Waals surface area (Å²) in [5.74, 6) is -2.85. The summed E-state index contributed by atoms with van der Waals surface area (Å²) in [6.45, 7) is 3.39. The number of carbonyl (C=O) groups is 3. The number of carboxylic acids is 1. The van der Waals surface area contributed by atoms with Gasteiger partial charge in [-0.15, -0.1) is 11.3 Å². The molecular formula is C18H18N2O6S.